The van der Waals surface area contributed by atoms with Crippen LogP contribution in [0.5, 0.6) is 0 Å². The molecule has 21 heavy (non-hydrogen) atoms. The number of nitrogen functional groups attached to an aromatic ring is 1. The Bertz CT molecular complexity index is 646. The number of nitrogens with one attached hydrogen (secondary N) is 1. The average molecular weight is 332 g/mol. The third-order valence-electron chi connectivity index (χ3n) is 3.51. The molecule has 0 radical (unpaired) electrons. The van der Waals surface area contributed by atoms with Gasteiger partial charge in [-0.3, -0.25) is 4.79 Å². The van der Waals surface area contributed by atoms with E-state index in [9.17, 15) is 13.2 Å². The normalized spacial score (nSPS) is 17.0. The zero-order chi connectivity index (χ0) is 15.8. The number of piperidine rings is 1. The van der Waals surface area contributed by atoms with Gasteiger partial charge in [0.25, 0.3) is 5.91 Å². The van der Waals surface area contributed by atoms with E-state index in [1.165, 1.54) is 7.05 Å². The van der Waals surface area contributed by atoms with Crippen molar-refractivity contribution in [1.82, 2.24) is 5.32 Å². The molecule has 1 fully saturated rings. The van der Waals surface area contributed by atoms with E-state index >= 15 is 0 Å². The van der Waals surface area contributed by atoms with Crippen LogP contribution in [0.2, 0.25) is 0 Å². The van der Waals surface area contributed by atoms with E-state index in [0.29, 0.717) is 18.1 Å². The molecule has 0 saturated carbocycles. The highest BCUT2D eigenvalue weighted by molar-refractivity contribution is 7.91. The number of sulfone groups is 1. The fourth-order valence-corrected chi connectivity index (χ4v) is 5.07. The zero-order valence-electron chi connectivity index (χ0n) is 12.0. The van der Waals surface area contributed by atoms with E-state index in [1.54, 1.807) is 0 Å². The number of hydrogen-bond acceptors (Lipinski definition) is 7. The molecule has 7 nitrogen and oxygen atoms in total. The van der Waals surface area contributed by atoms with Gasteiger partial charge in [0.15, 0.2) is 9.84 Å². The van der Waals surface area contributed by atoms with Crippen LogP contribution in [0.25, 0.3) is 0 Å². The lowest BCUT2D eigenvalue weighted by atomic mass is 10.1. The number of nitrogens with two attached hydrogens (primary N) is 2. The SMILES string of the molecule is CNC(=O)c1sc(N2CCC(N)CC2)c(S(C)(=O)=O)c1N. The number of thiophene rings is 1. The fourth-order valence-electron chi connectivity index (χ4n) is 2.37. The van der Waals surface area contributed by atoms with E-state index in [2.05, 4.69) is 5.32 Å². The summed E-state index contributed by atoms with van der Waals surface area (Å²) in [5.41, 5.74) is 11.8. The molecule has 2 heterocycles. The smallest absolute Gasteiger partial charge is 0.263 e. The molecule has 1 amide bonds. The van der Waals surface area contributed by atoms with Gasteiger partial charge in [-0.05, 0) is 12.8 Å². The average Bonchev–Trinajstić information content (AvgIpc) is 2.76. The Kier molecular flexibility index (Phi) is 4.45. The van der Waals surface area contributed by atoms with Gasteiger partial charge in [0, 0.05) is 32.4 Å². The van der Waals surface area contributed by atoms with Crippen LogP contribution in [0.15, 0.2) is 4.90 Å². The van der Waals surface area contributed by atoms with Crippen molar-refractivity contribution in [2.75, 3.05) is 37.0 Å². The van der Waals surface area contributed by atoms with Gasteiger partial charge in [0.1, 0.15) is 14.8 Å². The highest BCUT2D eigenvalue weighted by Crippen LogP contribution is 2.42. The summed E-state index contributed by atoms with van der Waals surface area (Å²) in [6.07, 6.45) is 2.69. The molecule has 0 aromatic carbocycles. The Morgan fingerprint density at radius 2 is 1.95 bits per heavy atom. The second kappa shape index (κ2) is 5.82. The standard InChI is InChI=1S/C12H20N4O3S2/c1-15-11(17)9-8(14)10(21(2,18)19)12(20-9)16-5-3-7(13)4-6-16/h7H,3-6,13-14H2,1-2H3,(H,15,17). The highest BCUT2D eigenvalue weighted by atomic mass is 32.2. The number of carbonyl (C=O) groups is 1. The van der Waals surface area contributed by atoms with Crippen LogP contribution in [0.3, 0.4) is 0 Å². The summed E-state index contributed by atoms with van der Waals surface area (Å²) < 4.78 is 24.1. The molecule has 2 rings (SSSR count). The summed E-state index contributed by atoms with van der Waals surface area (Å²) in [6, 6.07) is 0.138. The maximum absolute atomic E-state index is 12.0. The Morgan fingerprint density at radius 3 is 2.43 bits per heavy atom. The monoisotopic (exact) mass is 332 g/mol. The first kappa shape index (κ1) is 16.1. The first-order valence-corrected chi connectivity index (χ1v) is 9.31. The van der Waals surface area contributed by atoms with Crippen LogP contribution >= 0.6 is 11.3 Å². The molecule has 0 unspecified atom stereocenters. The summed E-state index contributed by atoms with van der Waals surface area (Å²) in [7, 11) is -2.03. The molecule has 5 N–H and O–H groups in total. The number of anilines is 2. The van der Waals surface area contributed by atoms with Crippen LogP contribution in [0.1, 0.15) is 22.5 Å². The maximum atomic E-state index is 12.0. The van der Waals surface area contributed by atoms with Gasteiger partial charge in [0.05, 0.1) is 5.69 Å². The van der Waals surface area contributed by atoms with Gasteiger partial charge in [-0.2, -0.15) is 0 Å². The van der Waals surface area contributed by atoms with Crippen LogP contribution in [-0.2, 0) is 9.84 Å². The first-order chi connectivity index (χ1) is 9.75. The molecule has 0 aliphatic carbocycles. The molecule has 9 heteroatoms. The van der Waals surface area contributed by atoms with E-state index in [0.717, 1.165) is 30.4 Å². The maximum Gasteiger partial charge on any atom is 0.263 e. The number of amides is 1. The van der Waals surface area contributed by atoms with Gasteiger partial charge in [-0.1, -0.05) is 0 Å². The lowest BCUT2D eigenvalue weighted by molar-refractivity contribution is 0.0968. The molecule has 0 bridgehead atoms. The number of hydrogen-bond donors (Lipinski definition) is 3. The van der Waals surface area contributed by atoms with Gasteiger partial charge >= 0.3 is 0 Å². The molecule has 118 valence electrons. The molecule has 0 spiro atoms. The molecular weight excluding hydrogens is 312 g/mol. The van der Waals surface area contributed by atoms with E-state index in [1.807, 2.05) is 4.90 Å². The fraction of sp³-hybridized carbons (Fsp3) is 0.583. The minimum absolute atomic E-state index is 0.0340. The third-order valence-corrected chi connectivity index (χ3v) is 6.06. The van der Waals surface area contributed by atoms with Crippen molar-refractivity contribution in [2.45, 2.75) is 23.8 Å². The largest absolute Gasteiger partial charge is 0.396 e. The quantitative estimate of drug-likeness (QED) is 0.718. The first-order valence-electron chi connectivity index (χ1n) is 6.60. The van der Waals surface area contributed by atoms with Crippen LogP contribution in [0.4, 0.5) is 10.7 Å². The predicted octanol–water partition coefficient (Wildman–Crippen LogP) is 0.0209. The summed E-state index contributed by atoms with van der Waals surface area (Å²) in [5.74, 6) is -0.373. The van der Waals surface area contributed by atoms with Crippen molar-refractivity contribution in [3.63, 3.8) is 0 Å². The molecule has 0 atom stereocenters. The Morgan fingerprint density at radius 1 is 1.38 bits per heavy atom. The van der Waals surface area contributed by atoms with E-state index in [-0.39, 0.29) is 27.4 Å². The molecule has 1 aromatic heterocycles. The van der Waals surface area contributed by atoms with Crippen molar-refractivity contribution < 1.29 is 13.2 Å². The minimum atomic E-state index is -3.52. The van der Waals surface area contributed by atoms with Crippen molar-refractivity contribution >= 4 is 37.8 Å². The van der Waals surface area contributed by atoms with Crippen LogP contribution < -0.4 is 21.7 Å². The number of carbonyl (C=O) groups excluding carboxylic acids is 1. The van der Waals surface area contributed by atoms with Gasteiger partial charge in [0.2, 0.25) is 0 Å². The van der Waals surface area contributed by atoms with Crippen molar-refractivity contribution in [3.8, 4) is 0 Å². The minimum Gasteiger partial charge on any atom is -0.396 e. The molecule has 1 saturated heterocycles. The Labute approximate surface area is 128 Å². The van der Waals surface area contributed by atoms with Crippen LogP contribution in [0, 0.1) is 0 Å². The number of nitrogens with zero attached hydrogens (tertiary/aromatic N) is 1. The molecular formula is C12H20N4O3S2. The van der Waals surface area contributed by atoms with Gasteiger partial charge < -0.3 is 21.7 Å². The van der Waals surface area contributed by atoms with E-state index < -0.39 is 9.84 Å². The van der Waals surface area contributed by atoms with Gasteiger partial charge in [-0.15, -0.1) is 11.3 Å². The van der Waals surface area contributed by atoms with Crippen molar-refractivity contribution in [2.24, 2.45) is 5.73 Å². The summed E-state index contributed by atoms with van der Waals surface area (Å²) >= 11 is 1.12. The van der Waals surface area contributed by atoms with Crippen molar-refractivity contribution in [1.29, 1.82) is 0 Å². The lowest BCUT2D eigenvalue weighted by Crippen LogP contribution is -2.39. The second-order valence-electron chi connectivity index (χ2n) is 5.15. The topological polar surface area (TPSA) is 119 Å². The molecule has 1 aliphatic heterocycles. The third kappa shape index (κ3) is 3.14. The summed E-state index contributed by atoms with van der Waals surface area (Å²) in [5, 5.41) is 3.02. The predicted molar refractivity (Wildman–Crippen MR) is 84.7 cm³/mol. The Hall–Kier alpha value is -1.32. The van der Waals surface area contributed by atoms with Crippen molar-refractivity contribution in [3.05, 3.63) is 4.88 Å². The Balaban J connectivity index is 2.51. The van der Waals surface area contributed by atoms with Gasteiger partial charge in [-0.25, -0.2) is 8.42 Å². The summed E-state index contributed by atoms with van der Waals surface area (Å²) in [6.45, 7) is 1.33. The molecule has 1 aromatic rings. The van der Waals surface area contributed by atoms with E-state index in [4.69, 9.17) is 11.5 Å². The second-order valence-corrected chi connectivity index (χ2v) is 8.11. The van der Waals surface area contributed by atoms with Crippen LogP contribution in [-0.4, -0.2) is 46.8 Å². The summed E-state index contributed by atoms with van der Waals surface area (Å²) in [4.78, 5) is 14.1. The lowest BCUT2D eigenvalue weighted by Gasteiger charge is -2.31. The number of rotatable bonds is 3. The zero-order valence-corrected chi connectivity index (χ0v) is 13.7. The highest BCUT2D eigenvalue weighted by Gasteiger charge is 2.30. The molecule has 1 aliphatic rings.